The summed E-state index contributed by atoms with van der Waals surface area (Å²) in [6, 6.07) is 44.5. The van der Waals surface area contributed by atoms with Crippen LogP contribution >= 0.6 is 8.53 Å². The second-order valence-corrected chi connectivity index (χ2v) is 21.2. The van der Waals surface area contributed by atoms with Crippen LogP contribution in [0.25, 0.3) is 22.3 Å². The van der Waals surface area contributed by atoms with Crippen molar-refractivity contribution in [3.05, 3.63) is 168 Å². The lowest BCUT2D eigenvalue weighted by Gasteiger charge is -2.39. The van der Waals surface area contributed by atoms with Gasteiger partial charge in [-0.1, -0.05) is 103 Å². The zero-order valence-electron chi connectivity index (χ0n) is 45.2. The number of amides is 2. The number of rotatable bonds is 24. The van der Waals surface area contributed by atoms with Gasteiger partial charge in [0.1, 0.15) is 42.4 Å². The van der Waals surface area contributed by atoms with Crippen molar-refractivity contribution in [3.63, 3.8) is 0 Å². The maximum absolute atomic E-state index is 13.5. The number of carbonyl (C=O) groups is 2. The number of ether oxygens (including phenoxy) is 5. The Morgan fingerprint density at radius 3 is 2.01 bits per heavy atom. The van der Waals surface area contributed by atoms with E-state index in [-0.39, 0.29) is 62.4 Å². The minimum atomic E-state index is -1.70. The van der Waals surface area contributed by atoms with Crippen molar-refractivity contribution in [2.24, 2.45) is 0 Å². The van der Waals surface area contributed by atoms with Crippen LogP contribution in [-0.4, -0.2) is 113 Å². The van der Waals surface area contributed by atoms with Crippen LogP contribution in [0, 0.1) is 11.3 Å². The number of nitrogens with one attached hydrogen (secondary N) is 1. The van der Waals surface area contributed by atoms with Crippen LogP contribution in [0.1, 0.15) is 93.3 Å². The van der Waals surface area contributed by atoms with Gasteiger partial charge in [0.25, 0.3) is 8.53 Å². The van der Waals surface area contributed by atoms with Crippen molar-refractivity contribution in [1.82, 2.24) is 29.1 Å². The first kappa shape index (κ1) is 55.5. The van der Waals surface area contributed by atoms with Crippen LogP contribution in [0.4, 0.5) is 10.6 Å². The molecule has 0 bridgehead atoms. The maximum Gasteiger partial charge on any atom is 0.409 e. The predicted molar refractivity (Wildman–Crippen MR) is 298 cm³/mol. The van der Waals surface area contributed by atoms with Crippen molar-refractivity contribution in [1.29, 1.82) is 5.26 Å². The molecular weight excluding hydrogens is 1010 g/mol. The van der Waals surface area contributed by atoms with E-state index >= 15 is 0 Å². The van der Waals surface area contributed by atoms with Gasteiger partial charge < -0.3 is 42.9 Å². The Morgan fingerprint density at radius 1 is 0.808 bits per heavy atom. The molecule has 0 radical (unpaired) electrons. The van der Waals surface area contributed by atoms with Crippen LogP contribution in [0.2, 0.25) is 0 Å². The standard InChI is InChI=1S/C60H67N8O9P/c1-40(2)68(41(3)4)78(75-34-16-32-61)77-52-35-55(76-53(52)37-74-60(42-17-9-8-10-18-42,43-24-28-45(71-6)29-25-43)44-26-30-46(72-7)31-27-44)67-39-64-56-57(62-38-63-58(56)67)65-54(69)23-15-33-66(5)59(70)73-36-51-49-21-13-11-19-47(49)48-20-12-14-22-50(48)51/h8-14,17-22,24-31,38-41,51-53,55H,15-16,23,33-37H2,1-7H3,(H,62,63,65,69)/t52-,53+,55+,78?/m0/s1. The van der Waals surface area contributed by atoms with Crippen LogP contribution < -0.4 is 14.8 Å². The highest BCUT2D eigenvalue weighted by Crippen LogP contribution is 2.51. The van der Waals surface area contributed by atoms with E-state index in [4.69, 9.17) is 37.7 Å². The Hall–Kier alpha value is -7.29. The summed E-state index contributed by atoms with van der Waals surface area (Å²) >= 11 is 0. The average Bonchev–Trinajstić information content (AvgIpc) is 4.33. The van der Waals surface area contributed by atoms with Gasteiger partial charge >= 0.3 is 6.09 Å². The van der Waals surface area contributed by atoms with Crippen molar-refractivity contribution in [2.75, 3.05) is 52.9 Å². The van der Waals surface area contributed by atoms with Gasteiger partial charge in [-0.15, -0.1) is 0 Å². The van der Waals surface area contributed by atoms with Gasteiger partial charge in [0.2, 0.25) is 5.91 Å². The number of nitrogens with zero attached hydrogens (tertiary/aromatic N) is 7. The van der Waals surface area contributed by atoms with E-state index in [1.165, 1.54) is 11.2 Å². The molecule has 1 unspecified atom stereocenters. The van der Waals surface area contributed by atoms with Crippen LogP contribution in [-0.2, 0) is 33.7 Å². The molecule has 4 atom stereocenters. The number of methoxy groups -OCH3 is 2. The number of fused-ring (bicyclic) bond motifs is 4. The minimum absolute atomic E-state index is 0.0482. The van der Waals surface area contributed by atoms with Gasteiger partial charge in [-0.05, 0) is 97.3 Å². The Morgan fingerprint density at radius 2 is 1.41 bits per heavy atom. The van der Waals surface area contributed by atoms with E-state index in [0.717, 1.165) is 38.9 Å². The molecule has 9 rings (SSSR count). The molecule has 2 aliphatic rings. The lowest BCUT2D eigenvalue weighted by atomic mass is 9.80. The quantitative estimate of drug-likeness (QED) is 0.0342. The Kier molecular flexibility index (Phi) is 18.1. The van der Waals surface area contributed by atoms with Crippen LogP contribution in [0.15, 0.2) is 140 Å². The molecule has 17 nitrogen and oxygen atoms in total. The number of nitriles is 1. The molecule has 0 saturated carbocycles. The largest absolute Gasteiger partial charge is 0.497 e. The van der Waals surface area contributed by atoms with Gasteiger partial charge in [0.05, 0.1) is 52.4 Å². The second kappa shape index (κ2) is 25.5. The van der Waals surface area contributed by atoms with E-state index in [1.54, 1.807) is 27.6 Å². The predicted octanol–water partition coefficient (Wildman–Crippen LogP) is 11.4. The SMILES string of the molecule is COc1ccc(C(OC[C@H]2O[C@@H](n3cnc4c(NC(=O)CCCN(C)C(=O)OCC5c6ccccc6-c6ccccc65)ncnc43)C[C@@H]2OP(OCCC#N)N(C(C)C)C(C)C)(c2ccccc2)c2ccc(OC)cc2)cc1. The number of hydrogen-bond donors (Lipinski definition) is 1. The molecule has 2 aromatic heterocycles. The lowest BCUT2D eigenvalue weighted by Crippen LogP contribution is -2.39. The molecule has 7 aromatic rings. The number of carbonyl (C=O) groups excluding carboxylic acids is 2. The fraction of sp³-hybridized carbons (Fsp3) is 0.367. The van der Waals surface area contributed by atoms with Crippen molar-refractivity contribution in [3.8, 4) is 28.7 Å². The zero-order chi connectivity index (χ0) is 54.8. The molecule has 5 aromatic carbocycles. The first-order valence-corrected chi connectivity index (χ1v) is 27.5. The van der Waals surface area contributed by atoms with Gasteiger partial charge in [-0.2, -0.15) is 5.26 Å². The fourth-order valence-corrected chi connectivity index (χ4v) is 12.2. The van der Waals surface area contributed by atoms with E-state index in [1.807, 2.05) is 108 Å². The summed E-state index contributed by atoms with van der Waals surface area (Å²) in [6.45, 7) is 9.14. The molecule has 3 heterocycles. The highest BCUT2D eigenvalue weighted by molar-refractivity contribution is 7.44. The number of hydrogen-bond acceptors (Lipinski definition) is 14. The van der Waals surface area contributed by atoms with Gasteiger partial charge in [0, 0.05) is 44.4 Å². The molecular formula is C60H67N8O9P. The number of aromatic nitrogens is 4. The van der Waals surface area contributed by atoms with Gasteiger partial charge in [0.15, 0.2) is 17.0 Å². The lowest BCUT2D eigenvalue weighted by molar-refractivity contribution is -0.116. The summed E-state index contributed by atoms with van der Waals surface area (Å²) in [6.07, 6.45) is 1.67. The molecule has 1 N–H and O–H groups in total. The van der Waals surface area contributed by atoms with E-state index in [2.05, 4.69) is 78.0 Å². The second-order valence-electron chi connectivity index (χ2n) is 19.8. The molecule has 1 saturated heterocycles. The maximum atomic E-state index is 13.5. The third kappa shape index (κ3) is 12.0. The van der Waals surface area contributed by atoms with E-state index in [0.29, 0.717) is 42.0 Å². The summed E-state index contributed by atoms with van der Waals surface area (Å²) in [4.78, 5) is 42.0. The van der Waals surface area contributed by atoms with Crippen LogP contribution in [0.5, 0.6) is 11.5 Å². The minimum Gasteiger partial charge on any atom is -0.497 e. The summed E-state index contributed by atoms with van der Waals surface area (Å²) in [5.74, 6) is 1.29. The molecule has 2 amide bonds. The molecule has 18 heteroatoms. The van der Waals surface area contributed by atoms with E-state index in [9.17, 15) is 14.9 Å². The molecule has 1 aliphatic heterocycles. The average molecular weight is 1080 g/mol. The summed E-state index contributed by atoms with van der Waals surface area (Å²) < 4.78 is 49.1. The normalized spacial score (nSPS) is 16.5. The van der Waals surface area contributed by atoms with E-state index < -0.39 is 38.7 Å². The molecule has 0 spiro atoms. The highest BCUT2D eigenvalue weighted by Gasteiger charge is 2.45. The Balaban J connectivity index is 0.935. The number of imidazole rings is 1. The van der Waals surface area contributed by atoms with Crippen molar-refractivity contribution in [2.45, 2.75) is 95.4 Å². The van der Waals surface area contributed by atoms with Crippen molar-refractivity contribution < 1.29 is 42.3 Å². The highest BCUT2D eigenvalue weighted by atomic mass is 31.2. The first-order valence-electron chi connectivity index (χ1n) is 26.4. The first-order chi connectivity index (χ1) is 37.9. The molecule has 78 heavy (non-hydrogen) atoms. The zero-order valence-corrected chi connectivity index (χ0v) is 46.0. The topological polar surface area (TPSA) is 185 Å². The van der Waals surface area contributed by atoms with Crippen molar-refractivity contribution >= 4 is 37.5 Å². The van der Waals surface area contributed by atoms with Gasteiger partial charge in [-0.25, -0.2) is 24.4 Å². The van der Waals surface area contributed by atoms with Gasteiger partial charge in [-0.3, -0.25) is 9.36 Å². The Bertz CT molecular complexity index is 3070. The number of anilines is 1. The molecule has 1 aliphatic carbocycles. The smallest absolute Gasteiger partial charge is 0.409 e. The third-order valence-corrected chi connectivity index (χ3v) is 16.3. The monoisotopic (exact) mass is 1070 g/mol. The van der Waals surface area contributed by atoms with Crippen LogP contribution in [0.3, 0.4) is 0 Å². The summed E-state index contributed by atoms with van der Waals surface area (Å²) in [5, 5.41) is 12.4. The number of benzene rings is 5. The molecule has 1 fully saturated rings. The summed E-state index contributed by atoms with van der Waals surface area (Å²) in [5.41, 5.74) is 6.84. The Labute approximate surface area is 457 Å². The fourth-order valence-electron chi connectivity index (χ4n) is 10.4. The third-order valence-electron chi connectivity index (χ3n) is 14.2. The molecule has 406 valence electrons. The summed E-state index contributed by atoms with van der Waals surface area (Å²) in [7, 11) is 3.24.